The number of hydrogen-bond acceptors (Lipinski definition) is 5. The first-order chi connectivity index (χ1) is 11.7. The average Bonchev–Trinajstić information content (AvgIpc) is 3.21. The number of fused-ring (bicyclic) bond motifs is 1. The van der Waals surface area contributed by atoms with Crippen LogP contribution in [0.3, 0.4) is 0 Å². The highest BCUT2D eigenvalue weighted by molar-refractivity contribution is 5.98. The summed E-state index contributed by atoms with van der Waals surface area (Å²) >= 11 is 0. The Balaban J connectivity index is 1.52. The van der Waals surface area contributed by atoms with Crippen molar-refractivity contribution in [3.8, 4) is 0 Å². The molecule has 120 valence electrons. The van der Waals surface area contributed by atoms with Gasteiger partial charge >= 0.3 is 0 Å². The zero-order valence-electron chi connectivity index (χ0n) is 13.2. The van der Waals surface area contributed by atoms with E-state index in [0.29, 0.717) is 24.7 Å². The van der Waals surface area contributed by atoms with Crippen LogP contribution in [0.1, 0.15) is 46.2 Å². The van der Waals surface area contributed by atoms with Gasteiger partial charge in [0.2, 0.25) is 5.89 Å². The molecule has 0 saturated heterocycles. The Morgan fingerprint density at radius 2 is 2.12 bits per heavy atom. The molecule has 4 rings (SSSR count). The minimum absolute atomic E-state index is 0.00473. The second-order valence-corrected chi connectivity index (χ2v) is 5.85. The molecule has 0 radical (unpaired) electrons. The summed E-state index contributed by atoms with van der Waals surface area (Å²) < 4.78 is 5.38. The molecule has 1 aliphatic heterocycles. The summed E-state index contributed by atoms with van der Waals surface area (Å²) in [4.78, 5) is 22.8. The predicted octanol–water partition coefficient (Wildman–Crippen LogP) is 2.77. The normalized spacial score (nSPS) is 14.7. The molecular weight excluding hydrogens is 304 g/mol. The van der Waals surface area contributed by atoms with E-state index in [2.05, 4.69) is 15.1 Å². The number of amides is 1. The van der Waals surface area contributed by atoms with E-state index in [1.165, 1.54) is 0 Å². The minimum Gasteiger partial charge on any atom is -0.337 e. The summed E-state index contributed by atoms with van der Waals surface area (Å²) in [5, 5.41) is 4.03. The molecule has 6 nitrogen and oxygen atoms in total. The Bertz CT molecular complexity index is 875. The highest BCUT2D eigenvalue weighted by atomic mass is 16.5. The molecule has 6 heteroatoms. The van der Waals surface area contributed by atoms with Crippen LogP contribution in [0.25, 0.3) is 0 Å². The van der Waals surface area contributed by atoms with E-state index in [4.69, 9.17) is 4.52 Å². The third-order valence-corrected chi connectivity index (χ3v) is 4.24. The van der Waals surface area contributed by atoms with Gasteiger partial charge in [-0.05, 0) is 30.2 Å². The Morgan fingerprint density at radius 3 is 2.92 bits per heavy atom. The first-order valence-electron chi connectivity index (χ1n) is 7.82. The lowest BCUT2D eigenvalue weighted by molar-refractivity contribution is 0.0684. The van der Waals surface area contributed by atoms with Crippen molar-refractivity contribution in [2.75, 3.05) is 0 Å². The van der Waals surface area contributed by atoms with Gasteiger partial charge in [0, 0.05) is 30.9 Å². The predicted molar refractivity (Wildman–Crippen MR) is 86.1 cm³/mol. The maximum Gasteiger partial charge on any atom is 0.255 e. The lowest BCUT2D eigenvalue weighted by Gasteiger charge is -2.20. The van der Waals surface area contributed by atoms with Crippen molar-refractivity contribution in [3.05, 3.63) is 77.2 Å². The van der Waals surface area contributed by atoms with Gasteiger partial charge in [-0.1, -0.05) is 29.4 Å². The fraction of sp³-hybridized carbons (Fsp3) is 0.222. The van der Waals surface area contributed by atoms with Gasteiger partial charge in [0.05, 0.1) is 0 Å². The van der Waals surface area contributed by atoms with E-state index in [9.17, 15) is 4.79 Å². The number of carbonyl (C=O) groups excluding carboxylic acids is 1. The average molecular weight is 320 g/mol. The Kier molecular flexibility index (Phi) is 3.57. The molecule has 1 amide bonds. The van der Waals surface area contributed by atoms with Gasteiger partial charge in [-0.3, -0.25) is 9.78 Å². The number of aromatic nitrogens is 3. The number of nitrogens with zero attached hydrogens (tertiary/aromatic N) is 4. The van der Waals surface area contributed by atoms with Crippen LogP contribution in [0.5, 0.6) is 0 Å². The van der Waals surface area contributed by atoms with Crippen LogP contribution >= 0.6 is 0 Å². The summed E-state index contributed by atoms with van der Waals surface area (Å²) in [7, 11) is 0. The quantitative estimate of drug-likeness (QED) is 0.739. The maximum atomic E-state index is 12.5. The van der Waals surface area contributed by atoms with Gasteiger partial charge in [-0.25, -0.2) is 0 Å². The van der Waals surface area contributed by atoms with Crippen LogP contribution in [0.4, 0.5) is 0 Å². The van der Waals surface area contributed by atoms with Gasteiger partial charge in [0.25, 0.3) is 5.91 Å². The second-order valence-electron chi connectivity index (χ2n) is 5.85. The van der Waals surface area contributed by atoms with E-state index < -0.39 is 0 Å². The van der Waals surface area contributed by atoms with E-state index in [0.717, 1.165) is 16.7 Å². The summed E-state index contributed by atoms with van der Waals surface area (Å²) in [5.74, 6) is 1.05. The molecule has 3 heterocycles. The number of rotatable bonds is 4. The van der Waals surface area contributed by atoms with Gasteiger partial charge < -0.3 is 9.42 Å². The third kappa shape index (κ3) is 2.56. The molecule has 0 spiro atoms. The maximum absolute atomic E-state index is 12.5. The van der Waals surface area contributed by atoms with Crippen molar-refractivity contribution < 1.29 is 9.32 Å². The monoisotopic (exact) mass is 320 g/mol. The molecule has 3 aromatic rings. The van der Waals surface area contributed by atoms with Crippen LogP contribution in [-0.2, 0) is 13.0 Å². The highest BCUT2D eigenvalue weighted by Gasteiger charge is 2.33. The van der Waals surface area contributed by atoms with Crippen molar-refractivity contribution in [1.29, 1.82) is 0 Å². The van der Waals surface area contributed by atoms with Gasteiger partial charge in [0.15, 0.2) is 5.82 Å². The number of benzene rings is 1. The molecule has 2 aromatic heterocycles. The zero-order chi connectivity index (χ0) is 16.5. The summed E-state index contributed by atoms with van der Waals surface area (Å²) in [6.45, 7) is 2.47. The van der Waals surface area contributed by atoms with Crippen molar-refractivity contribution in [1.82, 2.24) is 20.0 Å². The van der Waals surface area contributed by atoms with Crippen LogP contribution in [0, 0.1) is 0 Å². The number of hydrogen-bond donors (Lipinski definition) is 0. The van der Waals surface area contributed by atoms with Crippen LogP contribution in [-0.4, -0.2) is 25.9 Å². The molecular formula is C18H16N4O2. The van der Waals surface area contributed by atoms with Crippen molar-refractivity contribution in [2.24, 2.45) is 0 Å². The lowest BCUT2D eigenvalue weighted by Crippen LogP contribution is -2.27. The Labute approximate surface area is 139 Å². The van der Waals surface area contributed by atoms with Crippen LogP contribution < -0.4 is 0 Å². The summed E-state index contributed by atoms with van der Waals surface area (Å²) in [6, 6.07) is 11.2. The fourth-order valence-electron chi connectivity index (χ4n) is 2.92. The molecule has 0 unspecified atom stereocenters. The smallest absolute Gasteiger partial charge is 0.255 e. The Hall–Kier alpha value is -3.02. The van der Waals surface area contributed by atoms with E-state index >= 15 is 0 Å². The van der Waals surface area contributed by atoms with E-state index in [1.807, 2.05) is 43.3 Å². The first-order valence-corrected chi connectivity index (χ1v) is 7.82. The van der Waals surface area contributed by atoms with Crippen LogP contribution in [0.2, 0.25) is 0 Å². The zero-order valence-corrected chi connectivity index (χ0v) is 13.2. The molecule has 1 aromatic carbocycles. The summed E-state index contributed by atoms with van der Waals surface area (Å²) in [5.41, 5.74) is 2.80. The number of pyridine rings is 1. The first kappa shape index (κ1) is 14.6. The minimum atomic E-state index is -0.264. The standard InChI is InChI=1S/C18H16N4O2/c1-12(22-11-14-6-2-3-7-15(14)18(22)23)17-20-16(21-24-17)9-13-5-4-8-19-10-13/h2-8,10,12H,9,11H2,1H3/t12-/m1/s1. The largest absolute Gasteiger partial charge is 0.337 e. The molecule has 0 aliphatic carbocycles. The second kappa shape index (κ2) is 5.88. The number of carbonyl (C=O) groups is 1. The van der Waals surface area contributed by atoms with Crippen molar-refractivity contribution >= 4 is 5.91 Å². The van der Waals surface area contributed by atoms with E-state index in [1.54, 1.807) is 17.3 Å². The summed E-state index contributed by atoms with van der Waals surface area (Å²) in [6.07, 6.45) is 4.06. The van der Waals surface area contributed by atoms with Gasteiger partial charge in [0.1, 0.15) is 6.04 Å². The molecule has 0 saturated carbocycles. The van der Waals surface area contributed by atoms with E-state index in [-0.39, 0.29) is 11.9 Å². The topological polar surface area (TPSA) is 72.1 Å². The SMILES string of the molecule is C[C@H](c1nc(Cc2cccnc2)no1)N1Cc2ccccc2C1=O. The fourth-order valence-corrected chi connectivity index (χ4v) is 2.92. The van der Waals surface area contributed by atoms with Gasteiger partial charge in [-0.2, -0.15) is 4.98 Å². The molecule has 0 bridgehead atoms. The molecule has 0 N–H and O–H groups in total. The van der Waals surface area contributed by atoms with Crippen molar-refractivity contribution in [2.45, 2.75) is 25.9 Å². The van der Waals surface area contributed by atoms with Gasteiger partial charge in [-0.15, -0.1) is 0 Å². The lowest BCUT2D eigenvalue weighted by atomic mass is 10.1. The molecule has 24 heavy (non-hydrogen) atoms. The third-order valence-electron chi connectivity index (χ3n) is 4.24. The molecule has 1 aliphatic rings. The molecule has 0 fully saturated rings. The highest BCUT2D eigenvalue weighted by Crippen LogP contribution is 2.30. The molecule has 1 atom stereocenters. The Morgan fingerprint density at radius 1 is 1.25 bits per heavy atom. The van der Waals surface area contributed by atoms with Crippen molar-refractivity contribution in [3.63, 3.8) is 0 Å². The van der Waals surface area contributed by atoms with Crippen LogP contribution in [0.15, 0.2) is 53.3 Å².